The van der Waals surface area contributed by atoms with E-state index >= 15 is 0 Å². The standard InChI is InChI=1S/C18H26N2O5S2/c1-11-7-8-12-14(10-11)26-17(15(12)18(22)25-2)19-16(21)13-6-4-5-9-20(13)27(3,23)24/h11,13H,4-10H2,1-3H3,(H,19,21). The van der Waals surface area contributed by atoms with Gasteiger partial charge in [0, 0.05) is 11.4 Å². The number of amides is 1. The second-order valence-electron chi connectivity index (χ2n) is 7.42. The quantitative estimate of drug-likeness (QED) is 0.764. The fourth-order valence-corrected chi connectivity index (χ4v) is 6.44. The van der Waals surface area contributed by atoms with Crippen LogP contribution in [0.2, 0.25) is 0 Å². The van der Waals surface area contributed by atoms with E-state index < -0.39 is 22.0 Å². The molecule has 1 amide bonds. The molecule has 1 saturated heterocycles. The molecule has 7 nitrogen and oxygen atoms in total. The van der Waals surface area contributed by atoms with Gasteiger partial charge in [-0.1, -0.05) is 13.3 Å². The van der Waals surface area contributed by atoms with Crippen molar-refractivity contribution >= 4 is 38.2 Å². The molecule has 0 aromatic carbocycles. The molecular weight excluding hydrogens is 388 g/mol. The third-order valence-corrected chi connectivity index (χ3v) is 7.78. The summed E-state index contributed by atoms with van der Waals surface area (Å²) in [4.78, 5) is 26.4. The van der Waals surface area contributed by atoms with E-state index in [4.69, 9.17) is 4.74 Å². The Morgan fingerprint density at radius 1 is 1.26 bits per heavy atom. The number of hydrogen-bond donors (Lipinski definition) is 1. The predicted octanol–water partition coefficient (Wildman–Crippen LogP) is 2.41. The number of piperidine rings is 1. The molecule has 150 valence electrons. The Morgan fingerprint density at radius 2 is 2.00 bits per heavy atom. The van der Waals surface area contributed by atoms with Crippen LogP contribution in [0, 0.1) is 5.92 Å². The zero-order chi connectivity index (χ0) is 19.8. The van der Waals surface area contributed by atoms with Gasteiger partial charge in [0.2, 0.25) is 15.9 Å². The van der Waals surface area contributed by atoms with Gasteiger partial charge in [0.15, 0.2) is 0 Å². The summed E-state index contributed by atoms with van der Waals surface area (Å²) < 4.78 is 30.3. The first-order valence-electron chi connectivity index (χ1n) is 9.23. The minimum atomic E-state index is -3.47. The molecule has 0 saturated carbocycles. The van der Waals surface area contributed by atoms with Gasteiger partial charge in [-0.2, -0.15) is 4.31 Å². The summed E-state index contributed by atoms with van der Waals surface area (Å²) in [5.41, 5.74) is 1.39. The fourth-order valence-electron chi connectivity index (χ4n) is 3.92. The minimum absolute atomic E-state index is 0.346. The van der Waals surface area contributed by atoms with Gasteiger partial charge in [-0.15, -0.1) is 11.3 Å². The number of anilines is 1. The third-order valence-electron chi connectivity index (χ3n) is 5.32. The summed E-state index contributed by atoms with van der Waals surface area (Å²) in [6.45, 7) is 2.52. The van der Waals surface area contributed by atoms with Crippen molar-refractivity contribution in [2.75, 3.05) is 25.2 Å². The number of methoxy groups -OCH3 is 1. The summed E-state index contributed by atoms with van der Waals surface area (Å²) in [6.07, 6.45) is 5.80. The van der Waals surface area contributed by atoms with Crippen LogP contribution in [0.1, 0.15) is 53.4 Å². The topological polar surface area (TPSA) is 92.8 Å². The summed E-state index contributed by atoms with van der Waals surface area (Å²) >= 11 is 1.41. The van der Waals surface area contributed by atoms with Crippen LogP contribution < -0.4 is 5.32 Å². The maximum absolute atomic E-state index is 12.9. The first kappa shape index (κ1) is 20.3. The van der Waals surface area contributed by atoms with Gasteiger partial charge in [0.05, 0.1) is 18.9 Å². The lowest BCUT2D eigenvalue weighted by Crippen LogP contribution is -2.49. The van der Waals surface area contributed by atoms with E-state index in [1.165, 1.54) is 22.8 Å². The van der Waals surface area contributed by atoms with Crippen LogP contribution in [-0.4, -0.2) is 50.6 Å². The van der Waals surface area contributed by atoms with Crippen LogP contribution in [-0.2, 0) is 32.4 Å². The molecule has 0 bridgehead atoms. The highest BCUT2D eigenvalue weighted by molar-refractivity contribution is 7.88. The first-order valence-corrected chi connectivity index (χ1v) is 11.9. The Labute approximate surface area is 164 Å². The van der Waals surface area contributed by atoms with Crippen molar-refractivity contribution < 1.29 is 22.7 Å². The van der Waals surface area contributed by atoms with Crippen molar-refractivity contribution in [2.45, 2.75) is 51.5 Å². The fraction of sp³-hybridized carbons (Fsp3) is 0.667. The number of ether oxygens (including phenoxy) is 1. The number of carbonyl (C=O) groups is 2. The molecule has 0 spiro atoms. The summed E-state index contributed by atoms with van der Waals surface area (Å²) in [7, 11) is -2.14. The highest BCUT2D eigenvalue weighted by Crippen LogP contribution is 2.40. The molecular formula is C18H26N2O5S2. The van der Waals surface area contributed by atoms with Crippen molar-refractivity contribution in [3.63, 3.8) is 0 Å². The number of fused-ring (bicyclic) bond motifs is 1. The normalized spacial score (nSPS) is 23.5. The monoisotopic (exact) mass is 414 g/mol. The van der Waals surface area contributed by atoms with Crippen LogP contribution in [0.4, 0.5) is 5.00 Å². The summed E-state index contributed by atoms with van der Waals surface area (Å²) in [5.74, 6) is -0.304. The molecule has 2 aliphatic rings. The average molecular weight is 415 g/mol. The van der Waals surface area contributed by atoms with Crippen molar-refractivity contribution in [3.05, 3.63) is 16.0 Å². The minimum Gasteiger partial charge on any atom is -0.465 e. The second-order valence-corrected chi connectivity index (χ2v) is 10.5. The Kier molecular flexibility index (Phi) is 5.93. The Morgan fingerprint density at radius 3 is 2.67 bits per heavy atom. The Bertz CT molecular complexity index is 846. The number of rotatable bonds is 4. The number of esters is 1. The predicted molar refractivity (Wildman–Crippen MR) is 105 cm³/mol. The lowest BCUT2D eigenvalue weighted by molar-refractivity contribution is -0.120. The van der Waals surface area contributed by atoms with Crippen molar-refractivity contribution in [2.24, 2.45) is 5.92 Å². The van der Waals surface area contributed by atoms with Crippen molar-refractivity contribution in [3.8, 4) is 0 Å². The van der Waals surface area contributed by atoms with E-state index in [0.29, 0.717) is 29.4 Å². The van der Waals surface area contributed by atoms with Gasteiger partial charge in [-0.3, -0.25) is 4.79 Å². The molecule has 27 heavy (non-hydrogen) atoms. The number of nitrogens with zero attached hydrogens (tertiary/aromatic N) is 1. The largest absolute Gasteiger partial charge is 0.465 e. The van der Waals surface area contributed by atoms with Gasteiger partial charge in [0.1, 0.15) is 11.0 Å². The number of hydrogen-bond acceptors (Lipinski definition) is 6. The molecule has 1 N–H and O–H groups in total. The van der Waals surface area contributed by atoms with Gasteiger partial charge in [0.25, 0.3) is 0 Å². The molecule has 1 aromatic rings. The molecule has 1 aromatic heterocycles. The third kappa shape index (κ3) is 4.20. The van der Waals surface area contributed by atoms with Gasteiger partial charge in [-0.05, 0) is 43.6 Å². The maximum Gasteiger partial charge on any atom is 0.341 e. The van der Waals surface area contributed by atoms with E-state index in [2.05, 4.69) is 12.2 Å². The molecule has 1 aliphatic carbocycles. The molecule has 3 rings (SSSR count). The smallest absolute Gasteiger partial charge is 0.341 e. The molecule has 0 radical (unpaired) electrons. The highest BCUT2D eigenvalue weighted by Gasteiger charge is 2.36. The van der Waals surface area contributed by atoms with E-state index in [9.17, 15) is 18.0 Å². The molecule has 1 fully saturated rings. The number of thiophene rings is 1. The van der Waals surface area contributed by atoms with Crippen molar-refractivity contribution in [1.29, 1.82) is 0 Å². The molecule has 2 unspecified atom stereocenters. The van der Waals surface area contributed by atoms with E-state index in [-0.39, 0.29) is 5.91 Å². The Hall–Kier alpha value is -1.45. The van der Waals surface area contributed by atoms with E-state index in [1.54, 1.807) is 0 Å². The van der Waals surface area contributed by atoms with Crippen LogP contribution in [0.3, 0.4) is 0 Å². The SMILES string of the molecule is COC(=O)c1c(NC(=O)C2CCCCN2S(C)(=O)=O)sc2c1CCC(C)C2. The highest BCUT2D eigenvalue weighted by atomic mass is 32.2. The van der Waals surface area contributed by atoms with Crippen LogP contribution in [0.5, 0.6) is 0 Å². The molecule has 1 aliphatic heterocycles. The second kappa shape index (κ2) is 7.89. The number of nitrogens with one attached hydrogen (secondary N) is 1. The summed E-state index contributed by atoms with van der Waals surface area (Å²) in [6, 6.07) is -0.739. The van der Waals surface area contributed by atoms with Crippen LogP contribution in [0.15, 0.2) is 0 Å². The molecule has 2 heterocycles. The van der Waals surface area contributed by atoms with Crippen molar-refractivity contribution in [1.82, 2.24) is 4.31 Å². The number of carbonyl (C=O) groups excluding carboxylic acids is 2. The van der Waals surface area contributed by atoms with E-state index in [1.807, 2.05) is 0 Å². The first-order chi connectivity index (χ1) is 12.7. The lowest BCUT2D eigenvalue weighted by atomic mass is 9.88. The maximum atomic E-state index is 12.9. The average Bonchev–Trinajstić information content (AvgIpc) is 2.97. The molecule has 9 heteroatoms. The lowest BCUT2D eigenvalue weighted by Gasteiger charge is -2.32. The zero-order valence-corrected chi connectivity index (χ0v) is 17.5. The summed E-state index contributed by atoms with van der Waals surface area (Å²) in [5, 5.41) is 3.32. The van der Waals surface area contributed by atoms with Gasteiger partial charge < -0.3 is 10.1 Å². The van der Waals surface area contributed by atoms with E-state index in [0.717, 1.165) is 48.8 Å². The zero-order valence-electron chi connectivity index (χ0n) is 15.9. The number of sulfonamides is 1. The van der Waals surface area contributed by atoms with Crippen LogP contribution in [0.25, 0.3) is 0 Å². The van der Waals surface area contributed by atoms with Gasteiger partial charge in [-0.25, -0.2) is 13.2 Å². The van der Waals surface area contributed by atoms with Crippen LogP contribution >= 0.6 is 11.3 Å². The van der Waals surface area contributed by atoms with Gasteiger partial charge >= 0.3 is 5.97 Å². The molecule has 2 atom stereocenters. The Balaban J connectivity index is 1.90.